The Labute approximate surface area is 110 Å². The van der Waals surface area contributed by atoms with Crippen LogP contribution in [0.15, 0.2) is 28.5 Å². The topological polar surface area (TPSA) is 45.8 Å². The number of H-pyrrole nitrogens is 1. The van der Waals surface area contributed by atoms with Crippen LogP contribution in [0.25, 0.3) is 22.2 Å². The predicted molar refractivity (Wildman–Crippen MR) is 70.3 cm³/mol. The zero-order valence-corrected chi connectivity index (χ0v) is 10.6. The van der Waals surface area contributed by atoms with E-state index in [9.17, 15) is 13.6 Å². The largest absolute Gasteiger partial charge is 0.358 e. The van der Waals surface area contributed by atoms with Gasteiger partial charge in [-0.05, 0) is 13.0 Å². The third-order valence-electron chi connectivity index (χ3n) is 2.80. The first-order valence-corrected chi connectivity index (χ1v) is 6.37. The van der Waals surface area contributed by atoms with Crippen molar-refractivity contribution in [2.24, 2.45) is 0 Å². The molecule has 3 nitrogen and oxygen atoms in total. The van der Waals surface area contributed by atoms with Crippen LogP contribution in [-0.4, -0.2) is 9.97 Å². The number of fused-ring (bicyclic) bond motifs is 1. The molecule has 0 spiro atoms. The van der Waals surface area contributed by atoms with Crippen molar-refractivity contribution in [1.29, 1.82) is 0 Å². The molecule has 0 bridgehead atoms. The number of halogens is 2. The van der Waals surface area contributed by atoms with Crippen LogP contribution in [-0.2, 0) is 0 Å². The summed E-state index contributed by atoms with van der Waals surface area (Å²) in [6.45, 7) is 1.82. The fourth-order valence-electron chi connectivity index (χ4n) is 1.93. The molecule has 2 heterocycles. The fourth-order valence-corrected chi connectivity index (χ4v) is 2.54. The first-order chi connectivity index (χ1) is 9.06. The molecule has 96 valence electrons. The number of hydrogen-bond donors (Lipinski definition) is 1. The zero-order valence-electron chi connectivity index (χ0n) is 9.83. The van der Waals surface area contributed by atoms with Gasteiger partial charge in [0.05, 0.1) is 27.2 Å². The molecule has 3 aromatic rings. The highest BCUT2D eigenvalue weighted by Crippen LogP contribution is 2.21. The van der Waals surface area contributed by atoms with Gasteiger partial charge in [0.25, 0.3) is 0 Å². The van der Waals surface area contributed by atoms with Crippen molar-refractivity contribution in [2.45, 2.75) is 6.92 Å². The first kappa shape index (κ1) is 12.0. The predicted octanol–water partition coefficient (Wildman–Crippen LogP) is 3.24. The number of aryl methyl sites for hydroxylation is 1. The third kappa shape index (κ3) is 1.94. The molecule has 0 saturated heterocycles. The van der Waals surface area contributed by atoms with Crippen molar-refractivity contribution in [2.75, 3.05) is 0 Å². The summed E-state index contributed by atoms with van der Waals surface area (Å²) in [4.78, 5) is 19.1. The van der Waals surface area contributed by atoms with E-state index in [-0.39, 0.29) is 10.9 Å². The van der Waals surface area contributed by atoms with Crippen LogP contribution >= 0.6 is 11.3 Å². The maximum Gasteiger partial charge on any atom is 0.199 e. The monoisotopic (exact) mass is 278 g/mol. The molecule has 0 atom stereocenters. The molecule has 19 heavy (non-hydrogen) atoms. The van der Waals surface area contributed by atoms with E-state index in [1.54, 1.807) is 5.38 Å². The van der Waals surface area contributed by atoms with Gasteiger partial charge in [-0.1, -0.05) is 0 Å². The molecule has 1 N–H and O–H groups in total. The van der Waals surface area contributed by atoms with Crippen LogP contribution in [0.1, 0.15) is 5.01 Å². The molecule has 0 radical (unpaired) electrons. The summed E-state index contributed by atoms with van der Waals surface area (Å²) in [5.41, 5.74) is 0.386. The highest BCUT2D eigenvalue weighted by Gasteiger charge is 2.13. The highest BCUT2D eigenvalue weighted by molar-refractivity contribution is 7.09. The maximum absolute atomic E-state index is 13.5. The average molecular weight is 278 g/mol. The van der Waals surface area contributed by atoms with E-state index >= 15 is 0 Å². The van der Waals surface area contributed by atoms with Crippen LogP contribution < -0.4 is 5.43 Å². The van der Waals surface area contributed by atoms with Gasteiger partial charge in [0.2, 0.25) is 0 Å². The fraction of sp³-hybridized carbons (Fsp3) is 0.0769. The molecular weight excluding hydrogens is 270 g/mol. The van der Waals surface area contributed by atoms with E-state index in [2.05, 4.69) is 9.97 Å². The van der Waals surface area contributed by atoms with Crippen molar-refractivity contribution in [3.63, 3.8) is 0 Å². The number of hydrogen-bond acceptors (Lipinski definition) is 3. The summed E-state index contributed by atoms with van der Waals surface area (Å²) in [5.74, 6) is -1.56. The van der Waals surface area contributed by atoms with Crippen molar-refractivity contribution in [3.05, 3.63) is 50.6 Å². The van der Waals surface area contributed by atoms with Gasteiger partial charge in [-0.25, -0.2) is 13.8 Å². The van der Waals surface area contributed by atoms with Crippen LogP contribution in [0.4, 0.5) is 8.78 Å². The SMILES string of the molecule is Cc1nc(-c2c[nH]c3c(F)cc(F)cc3c2=O)cs1. The summed E-state index contributed by atoms with van der Waals surface area (Å²) >= 11 is 1.41. The normalized spacial score (nSPS) is 11.1. The molecule has 6 heteroatoms. The zero-order chi connectivity index (χ0) is 13.6. The maximum atomic E-state index is 13.5. The molecule has 0 amide bonds. The lowest BCUT2D eigenvalue weighted by Gasteiger charge is -2.02. The van der Waals surface area contributed by atoms with E-state index in [4.69, 9.17) is 0 Å². The number of nitrogens with zero attached hydrogens (tertiary/aromatic N) is 1. The number of aromatic nitrogens is 2. The summed E-state index contributed by atoms with van der Waals surface area (Å²) < 4.78 is 26.8. The summed E-state index contributed by atoms with van der Waals surface area (Å²) in [6.07, 6.45) is 1.40. The number of rotatable bonds is 1. The highest BCUT2D eigenvalue weighted by atomic mass is 32.1. The van der Waals surface area contributed by atoms with Crippen LogP contribution in [0, 0.1) is 18.6 Å². The second kappa shape index (κ2) is 4.24. The Morgan fingerprint density at radius 3 is 2.79 bits per heavy atom. The van der Waals surface area contributed by atoms with E-state index in [0.717, 1.165) is 17.1 Å². The Balaban J connectivity index is 2.35. The Kier molecular flexibility index (Phi) is 2.67. The summed E-state index contributed by atoms with van der Waals surface area (Å²) in [6, 6.07) is 1.77. The van der Waals surface area contributed by atoms with Crippen LogP contribution in [0.5, 0.6) is 0 Å². The van der Waals surface area contributed by atoms with E-state index in [1.165, 1.54) is 17.5 Å². The lowest BCUT2D eigenvalue weighted by atomic mass is 10.1. The summed E-state index contributed by atoms with van der Waals surface area (Å²) in [5, 5.41) is 2.54. The van der Waals surface area contributed by atoms with Crippen molar-refractivity contribution >= 4 is 22.2 Å². The van der Waals surface area contributed by atoms with Crippen LogP contribution in [0.3, 0.4) is 0 Å². The lowest BCUT2D eigenvalue weighted by Crippen LogP contribution is -2.08. The molecule has 3 rings (SSSR count). The average Bonchev–Trinajstić information content (AvgIpc) is 2.77. The van der Waals surface area contributed by atoms with Crippen molar-refractivity contribution in [1.82, 2.24) is 9.97 Å². The lowest BCUT2D eigenvalue weighted by molar-refractivity contribution is 0.590. The number of benzene rings is 1. The Morgan fingerprint density at radius 1 is 1.32 bits per heavy atom. The number of aromatic amines is 1. The molecule has 0 aliphatic carbocycles. The van der Waals surface area contributed by atoms with Gasteiger partial charge < -0.3 is 4.98 Å². The Morgan fingerprint density at radius 2 is 2.11 bits per heavy atom. The molecule has 2 aromatic heterocycles. The number of pyridine rings is 1. The Hall–Kier alpha value is -2.08. The molecule has 0 fully saturated rings. The molecule has 0 saturated carbocycles. The molecule has 0 unspecified atom stereocenters. The van der Waals surface area contributed by atoms with Crippen molar-refractivity contribution < 1.29 is 8.78 Å². The van der Waals surface area contributed by atoms with Gasteiger partial charge in [0.15, 0.2) is 5.43 Å². The number of thiazole rings is 1. The minimum Gasteiger partial charge on any atom is -0.358 e. The molecule has 0 aliphatic rings. The molecule has 1 aromatic carbocycles. The van der Waals surface area contributed by atoms with E-state index in [0.29, 0.717) is 11.3 Å². The summed E-state index contributed by atoms with van der Waals surface area (Å²) in [7, 11) is 0. The van der Waals surface area contributed by atoms with E-state index in [1.807, 2.05) is 6.92 Å². The molecule has 0 aliphatic heterocycles. The standard InChI is InChI=1S/C13H8F2N2OS/c1-6-17-11(5-19-6)9-4-16-12-8(13(9)18)2-7(14)3-10(12)15/h2-5H,1H3,(H,16,18). The van der Waals surface area contributed by atoms with Gasteiger partial charge >= 0.3 is 0 Å². The second-order valence-corrected chi connectivity index (χ2v) is 5.16. The smallest absolute Gasteiger partial charge is 0.199 e. The van der Waals surface area contributed by atoms with Gasteiger partial charge in [-0.3, -0.25) is 4.79 Å². The number of nitrogens with one attached hydrogen (secondary N) is 1. The van der Waals surface area contributed by atoms with Gasteiger partial charge in [0, 0.05) is 17.6 Å². The first-order valence-electron chi connectivity index (χ1n) is 5.49. The minimum absolute atomic E-state index is 0.00195. The minimum atomic E-state index is -0.784. The van der Waals surface area contributed by atoms with Crippen LogP contribution in [0.2, 0.25) is 0 Å². The van der Waals surface area contributed by atoms with Gasteiger partial charge in [-0.15, -0.1) is 11.3 Å². The second-order valence-electron chi connectivity index (χ2n) is 4.09. The van der Waals surface area contributed by atoms with E-state index < -0.39 is 17.1 Å². The van der Waals surface area contributed by atoms with Gasteiger partial charge in [-0.2, -0.15) is 0 Å². The van der Waals surface area contributed by atoms with Gasteiger partial charge in [0.1, 0.15) is 11.6 Å². The van der Waals surface area contributed by atoms with Crippen molar-refractivity contribution in [3.8, 4) is 11.3 Å². The Bertz CT molecular complexity index is 838. The molecular formula is C13H8F2N2OS. The quantitative estimate of drug-likeness (QED) is 0.742. The third-order valence-corrected chi connectivity index (χ3v) is 3.57.